The van der Waals surface area contributed by atoms with E-state index in [0.29, 0.717) is 23.6 Å². The summed E-state index contributed by atoms with van der Waals surface area (Å²) in [5.74, 6) is 0.599. The molecule has 0 aliphatic carbocycles. The number of H-pyrrole nitrogens is 1. The lowest BCUT2D eigenvalue weighted by molar-refractivity contribution is -0.384. The van der Waals surface area contributed by atoms with Gasteiger partial charge in [0.05, 0.1) is 11.5 Å². The van der Waals surface area contributed by atoms with Gasteiger partial charge in [-0.1, -0.05) is 12.1 Å². The zero-order valence-corrected chi connectivity index (χ0v) is 9.21. The summed E-state index contributed by atoms with van der Waals surface area (Å²) in [7, 11) is 0. The van der Waals surface area contributed by atoms with Crippen LogP contribution in [0.25, 0.3) is 11.3 Å². The van der Waals surface area contributed by atoms with Crippen LogP contribution in [0.4, 0.5) is 5.69 Å². The van der Waals surface area contributed by atoms with Crippen LogP contribution in [0.15, 0.2) is 30.5 Å². The predicted octanol–water partition coefficient (Wildman–Crippen LogP) is 2.38. The molecule has 6 nitrogen and oxygen atoms in total. The SMILES string of the molecule is CCOc1ccccc1-c1[nH]ncc1[N+](=O)[O-]. The number of nitrogens with one attached hydrogen (secondary N) is 1. The highest BCUT2D eigenvalue weighted by atomic mass is 16.6. The molecule has 2 aromatic rings. The molecule has 1 N–H and O–H groups in total. The normalized spacial score (nSPS) is 10.2. The van der Waals surface area contributed by atoms with Crippen molar-refractivity contribution in [2.45, 2.75) is 6.92 Å². The Kier molecular flexibility index (Phi) is 3.04. The van der Waals surface area contributed by atoms with E-state index in [4.69, 9.17) is 4.74 Å². The number of ether oxygens (including phenoxy) is 1. The highest BCUT2D eigenvalue weighted by Gasteiger charge is 2.20. The second kappa shape index (κ2) is 4.65. The summed E-state index contributed by atoms with van der Waals surface area (Å²) in [4.78, 5) is 10.4. The molecule has 2 rings (SSSR count). The van der Waals surface area contributed by atoms with Crippen LogP contribution in [0, 0.1) is 10.1 Å². The first-order valence-electron chi connectivity index (χ1n) is 5.14. The molecule has 0 amide bonds. The lowest BCUT2D eigenvalue weighted by Crippen LogP contribution is -1.95. The summed E-state index contributed by atoms with van der Waals surface area (Å²) in [6.45, 7) is 2.36. The van der Waals surface area contributed by atoms with Crippen LogP contribution < -0.4 is 4.74 Å². The van der Waals surface area contributed by atoms with Gasteiger partial charge in [0.15, 0.2) is 0 Å². The number of hydrogen-bond donors (Lipinski definition) is 1. The van der Waals surface area contributed by atoms with E-state index in [2.05, 4.69) is 10.2 Å². The third kappa shape index (κ3) is 2.10. The molecule has 0 saturated heterocycles. The highest BCUT2D eigenvalue weighted by molar-refractivity contribution is 5.74. The Bertz CT molecular complexity index is 536. The highest BCUT2D eigenvalue weighted by Crippen LogP contribution is 2.33. The molecule has 6 heteroatoms. The summed E-state index contributed by atoms with van der Waals surface area (Å²) in [5, 5.41) is 17.2. The maximum atomic E-state index is 10.8. The predicted molar refractivity (Wildman–Crippen MR) is 61.8 cm³/mol. The van der Waals surface area contributed by atoms with Crippen LogP contribution in [0.3, 0.4) is 0 Å². The molecule has 88 valence electrons. The number of rotatable bonds is 4. The van der Waals surface area contributed by atoms with Gasteiger partial charge < -0.3 is 4.74 Å². The molecule has 0 bridgehead atoms. The van der Waals surface area contributed by atoms with Crippen molar-refractivity contribution in [3.05, 3.63) is 40.6 Å². The average Bonchev–Trinajstić information content (AvgIpc) is 2.79. The van der Waals surface area contributed by atoms with Crippen LogP contribution in [0.2, 0.25) is 0 Å². The quantitative estimate of drug-likeness (QED) is 0.649. The third-order valence-electron chi connectivity index (χ3n) is 2.27. The van der Waals surface area contributed by atoms with Crippen molar-refractivity contribution in [1.29, 1.82) is 0 Å². The van der Waals surface area contributed by atoms with Crippen LogP contribution >= 0.6 is 0 Å². The number of hydrogen-bond acceptors (Lipinski definition) is 4. The Hall–Kier alpha value is -2.37. The zero-order valence-electron chi connectivity index (χ0n) is 9.21. The number of para-hydroxylation sites is 1. The van der Waals surface area contributed by atoms with Gasteiger partial charge in [-0.15, -0.1) is 0 Å². The molecule has 0 atom stereocenters. The van der Waals surface area contributed by atoms with E-state index in [1.807, 2.05) is 13.0 Å². The van der Waals surface area contributed by atoms with Gasteiger partial charge in [-0.05, 0) is 19.1 Å². The molecule has 1 aromatic carbocycles. The Labute approximate surface area is 97.4 Å². The summed E-state index contributed by atoms with van der Waals surface area (Å²) in [6.07, 6.45) is 1.19. The first-order chi connectivity index (χ1) is 8.24. The fourth-order valence-electron chi connectivity index (χ4n) is 1.57. The molecular weight excluding hydrogens is 222 g/mol. The number of aromatic amines is 1. The molecule has 0 saturated carbocycles. The van der Waals surface area contributed by atoms with E-state index in [9.17, 15) is 10.1 Å². The summed E-state index contributed by atoms with van der Waals surface area (Å²) in [6, 6.07) is 7.13. The Balaban J connectivity index is 2.52. The molecule has 1 heterocycles. The first-order valence-corrected chi connectivity index (χ1v) is 5.14. The first kappa shape index (κ1) is 11.1. The maximum Gasteiger partial charge on any atom is 0.314 e. The average molecular weight is 233 g/mol. The lowest BCUT2D eigenvalue weighted by Gasteiger charge is -2.07. The van der Waals surface area contributed by atoms with Gasteiger partial charge in [-0.3, -0.25) is 15.2 Å². The largest absolute Gasteiger partial charge is 0.493 e. The van der Waals surface area contributed by atoms with E-state index < -0.39 is 4.92 Å². The summed E-state index contributed by atoms with van der Waals surface area (Å²) >= 11 is 0. The van der Waals surface area contributed by atoms with Gasteiger partial charge in [0.25, 0.3) is 0 Å². The van der Waals surface area contributed by atoms with Crippen LogP contribution in [-0.2, 0) is 0 Å². The number of nitrogens with zero attached hydrogens (tertiary/aromatic N) is 2. The maximum absolute atomic E-state index is 10.8. The minimum absolute atomic E-state index is 0.0582. The standard InChI is InChI=1S/C11H11N3O3/c1-2-17-10-6-4-3-5-8(10)11-9(14(15)16)7-12-13-11/h3-7H,2H2,1H3,(H,12,13). The number of aromatic nitrogens is 2. The second-order valence-corrected chi connectivity index (χ2v) is 3.32. The summed E-state index contributed by atoms with van der Waals surface area (Å²) in [5.41, 5.74) is 0.940. The molecule has 1 aromatic heterocycles. The molecule has 0 aliphatic heterocycles. The van der Waals surface area contributed by atoms with Crippen molar-refractivity contribution >= 4 is 5.69 Å². The molecule has 0 spiro atoms. The van der Waals surface area contributed by atoms with E-state index >= 15 is 0 Å². The van der Waals surface area contributed by atoms with Crippen molar-refractivity contribution in [3.8, 4) is 17.0 Å². The van der Waals surface area contributed by atoms with Gasteiger partial charge >= 0.3 is 5.69 Å². The molecule has 17 heavy (non-hydrogen) atoms. The van der Waals surface area contributed by atoms with E-state index in [-0.39, 0.29) is 5.69 Å². The molecule has 0 unspecified atom stereocenters. The van der Waals surface area contributed by atoms with Gasteiger partial charge in [0.1, 0.15) is 17.6 Å². The lowest BCUT2D eigenvalue weighted by atomic mass is 10.1. The summed E-state index contributed by atoms with van der Waals surface area (Å²) < 4.78 is 5.43. The van der Waals surface area contributed by atoms with Gasteiger partial charge in [-0.25, -0.2) is 0 Å². The number of nitro groups is 1. The van der Waals surface area contributed by atoms with Crippen molar-refractivity contribution in [2.24, 2.45) is 0 Å². The van der Waals surface area contributed by atoms with Crippen molar-refractivity contribution in [1.82, 2.24) is 10.2 Å². The fraction of sp³-hybridized carbons (Fsp3) is 0.182. The van der Waals surface area contributed by atoms with Crippen LogP contribution in [0.1, 0.15) is 6.92 Å². The van der Waals surface area contributed by atoms with Gasteiger partial charge in [0.2, 0.25) is 0 Å². The minimum Gasteiger partial charge on any atom is -0.493 e. The third-order valence-corrected chi connectivity index (χ3v) is 2.27. The van der Waals surface area contributed by atoms with Crippen molar-refractivity contribution < 1.29 is 9.66 Å². The van der Waals surface area contributed by atoms with E-state index in [0.717, 1.165) is 0 Å². The Morgan fingerprint density at radius 3 is 2.94 bits per heavy atom. The van der Waals surface area contributed by atoms with Crippen LogP contribution in [-0.4, -0.2) is 21.7 Å². The van der Waals surface area contributed by atoms with E-state index in [1.165, 1.54) is 6.20 Å². The smallest absolute Gasteiger partial charge is 0.314 e. The topological polar surface area (TPSA) is 81.0 Å². The molecular formula is C11H11N3O3. The second-order valence-electron chi connectivity index (χ2n) is 3.32. The van der Waals surface area contributed by atoms with Crippen molar-refractivity contribution in [3.63, 3.8) is 0 Å². The Morgan fingerprint density at radius 1 is 1.47 bits per heavy atom. The van der Waals surface area contributed by atoms with Gasteiger partial charge in [-0.2, -0.15) is 5.10 Å². The van der Waals surface area contributed by atoms with Crippen LogP contribution in [0.5, 0.6) is 5.75 Å². The monoisotopic (exact) mass is 233 g/mol. The van der Waals surface area contributed by atoms with E-state index in [1.54, 1.807) is 18.2 Å². The Morgan fingerprint density at radius 2 is 2.24 bits per heavy atom. The zero-order chi connectivity index (χ0) is 12.3. The molecule has 0 fully saturated rings. The molecule has 0 radical (unpaired) electrons. The van der Waals surface area contributed by atoms with Gasteiger partial charge in [0, 0.05) is 5.56 Å². The number of benzene rings is 1. The fourth-order valence-corrected chi connectivity index (χ4v) is 1.57. The molecule has 0 aliphatic rings. The minimum atomic E-state index is -0.471. The van der Waals surface area contributed by atoms with Crippen molar-refractivity contribution in [2.75, 3.05) is 6.61 Å².